The van der Waals surface area contributed by atoms with Gasteiger partial charge in [-0.2, -0.15) is 0 Å². The van der Waals surface area contributed by atoms with Crippen molar-refractivity contribution in [1.29, 1.82) is 0 Å². The molecule has 1 aliphatic rings. The molecule has 0 saturated carbocycles. The topological polar surface area (TPSA) is 110 Å². The summed E-state index contributed by atoms with van der Waals surface area (Å²) >= 11 is 1.17. The number of rotatable bonds is 6. The van der Waals surface area contributed by atoms with E-state index in [1.54, 1.807) is 17.5 Å². The lowest BCUT2D eigenvalue weighted by atomic mass is 10.1. The molecule has 9 heteroatoms. The number of imide groups is 2. The van der Waals surface area contributed by atoms with Gasteiger partial charge in [-0.05, 0) is 29.6 Å². The average Bonchev–Trinajstić information content (AvgIpc) is 3.30. The number of hydrogen-bond donors (Lipinski definition) is 1. The molecule has 1 aromatic carbocycles. The van der Waals surface area contributed by atoms with Crippen LogP contribution in [0.1, 0.15) is 40.7 Å². The van der Waals surface area contributed by atoms with E-state index in [-0.39, 0.29) is 23.2 Å². The van der Waals surface area contributed by atoms with Gasteiger partial charge in [-0.3, -0.25) is 29.4 Å². The highest BCUT2D eigenvalue weighted by atomic mass is 32.1. The number of fused-ring (bicyclic) bond motifs is 1. The predicted octanol–water partition coefficient (Wildman–Crippen LogP) is 1.64. The lowest BCUT2D eigenvalue weighted by molar-refractivity contribution is -0.123. The molecule has 8 nitrogen and oxygen atoms in total. The molecule has 0 atom stereocenters. The molecule has 0 spiro atoms. The molecule has 1 aromatic heterocycles. The van der Waals surface area contributed by atoms with Gasteiger partial charge in [0.1, 0.15) is 0 Å². The van der Waals surface area contributed by atoms with Gasteiger partial charge in [-0.1, -0.05) is 12.1 Å². The number of esters is 1. The van der Waals surface area contributed by atoms with Crippen LogP contribution in [0.3, 0.4) is 0 Å². The molecule has 2 heterocycles. The Bertz CT molecular complexity index is 996. The van der Waals surface area contributed by atoms with Crippen molar-refractivity contribution in [3.63, 3.8) is 0 Å². The van der Waals surface area contributed by atoms with Gasteiger partial charge >= 0.3 is 5.97 Å². The van der Waals surface area contributed by atoms with E-state index in [1.165, 1.54) is 35.6 Å². The highest BCUT2D eigenvalue weighted by Gasteiger charge is 2.35. The van der Waals surface area contributed by atoms with E-state index >= 15 is 0 Å². The Morgan fingerprint density at radius 3 is 2.57 bits per heavy atom. The van der Waals surface area contributed by atoms with E-state index in [9.17, 15) is 24.0 Å². The first-order valence-electron chi connectivity index (χ1n) is 8.08. The lowest BCUT2D eigenvalue weighted by Crippen LogP contribution is -2.33. The normalized spacial score (nSPS) is 12.5. The Kier molecular flexibility index (Phi) is 5.46. The van der Waals surface area contributed by atoms with Crippen molar-refractivity contribution in [2.75, 3.05) is 13.2 Å². The summed E-state index contributed by atoms with van der Waals surface area (Å²) in [4.78, 5) is 61.5. The highest BCUT2D eigenvalue weighted by Crippen LogP contribution is 2.24. The Morgan fingerprint density at radius 2 is 1.89 bits per heavy atom. The third-order valence-corrected chi connectivity index (χ3v) is 4.72. The van der Waals surface area contributed by atoms with E-state index in [2.05, 4.69) is 11.9 Å². The number of nitrogens with zero attached hydrogens (tertiary/aromatic N) is 1. The van der Waals surface area contributed by atoms with E-state index in [4.69, 9.17) is 4.74 Å². The number of thiophene rings is 1. The summed E-state index contributed by atoms with van der Waals surface area (Å²) in [6.07, 6.45) is 1.42. The monoisotopic (exact) mass is 398 g/mol. The second-order valence-corrected chi connectivity index (χ2v) is 6.65. The van der Waals surface area contributed by atoms with Gasteiger partial charge in [0.2, 0.25) is 0 Å². The molecule has 1 N–H and O–H groups in total. The SMILES string of the molecule is C=CCN1C(=O)c2ccc(C(=O)OCC(=O)NC(=O)c3cccs3)cc2C1=O. The van der Waals surface area contributed by atoms with Crippen LogP contribution in [-0.4, -0.2) is 47.6 Å². The maximum absolute atomic E-state index is 12.3. The summed E-state index contributed by atoms with van der Waals surface area (Å²) in [5, 5.41) is 3.79. The Morgan fingerprint density at radius 1 is 1.14 bits per heavy atom. The molecule has 142 valence electrons. The maximum Gasteiger partial charge on any atom is 0.338 e. The third kappa shape index (κ3) is 3.74. The van der Waals surface area contributed by atoms with Crippen molar-refractivity contribution >= 4 is 40.9 Å². The number of carbonyl (C=O) groups is 5. The summed E-state index contributed by atoms with van der Waals surface area (Å²) in [5.74, 6) is -3.22. The highest BCUT2D eigenvalue weighted by molar-refractivity contribution is 7.12. The average molecular weight is 398 g/mol. The zero-order chi connectivity index (χ0) is 20.3. The quantitative estimate of drug-likeness (QED) is 0.450. The summed E-state index contributed by atoms with van der Waals surface area (Å²) in [6.45, 7) is 2.89. The Balaban J connectivity index is 1.62. The number of carbonyl (C=O) groups excluding carboxylic acids is 5. The van der Waals surface area contributed by atoms with Crippen LogP contribution in [0, 0.1) is 0 Å². The largest absolute Gasteiger partial charge is 0.452 e. The van der Waals surface area contributed by atoms with Gasteiger partial charge in [0.15, 0.2) is 6.61 Å². The van der Waals surface area contributed by atoms with Gasteiger partial charge < -0.3 is 4.74 Å². The smallest absolute Gasteiger partial charge is 0.338 e. The standard InChI is InChI=1S/C19H14N2O6S/c1-2-7-21-17(24)12-6-5-11(9-13(12)18(21)25)19(26)27-10-15(22)20-16(23)14-4-3-8-28-14/h2-6,8-9H,1,7,10H2,(H,20,22,23). The van der Waals surface area contributed by atoms with Gasteiger partial charge in [-0.15, -0.1) is 17.9 Å². The van der Waals surface area contributed by atoms with Crippen molar-refractivity contribution in [1.82, 2.24) is 10.2 Å². The molecule has 1 aliphatic heterocycles. The minimum Gasteiger partial charge on any atom is -0.452 e. The van der Waals surface area contributed by atoms with Crippen molar-refractivity contribution in [2.24, 2.45) is 0 Å². The van der Waals surface area contributed by atoms with Gasteiger partial charge in [0.05, 0.1) is 21.6 Å². The molecule has 0 fully saturated rings. The fourth-order valence-corrected chi connectivity index (χ4v) is 3.18. The first-order valence-corrected chi connectivity index (χ1v) is 8.96. The fraction of sp³-hybridized carbons (Fsp3) is 0.105. The molecule has 28 heavy (non-hydrogen) atoms. The number of amides is 4. The first kappa shape index (κ1) is 19.2. The number of nitrogens with one attached hydrogen (secondary N) is 1. The van der Waals surface area contributed by atoms with Crippen LogP contribution < -0.4 is 5.32 Å². The number of benzene rings is 1. The molecule has 0 aliphatic carbocycles. The number of ether oxygens (including phenoxy) is 1. The summed E-state index contributed by atoms with van der Waals surface area (Å²) in [6, 6.07) is 7.15. The summed E-state index contributed by atoms with van der Waals surface area (Å²) < 4.78 is 4.88. The molecule has 0 saturated heterocycles. The second kappa shape index (κ2) is 7.97. The lowest BCUT2D eigenvalue weighted by Gasteiger charge is -2.09. The van der Waals surface area contributed by atoms with E-state index in [0.29, 0.717) is 4.88 Å². The fourth-order valence-electron chi connectivity index (χ4n) is 2.56. The summed E-state index contributed by atoms with van der Waals surface area (Å²) in [5.41, 5.74) is 0.277. The third-order valence-electron chi connectivity index (χ3n) is 3.85. The second-order valence-electron chi connectivity index (χ2n) is 5.70. The van der Waals surface area contributed by atoms with Gasteiger partial charge in [0, 0.05) is 6.54 Å². The molecule has 2 aromatic rings. The van der Waals surface area contributed by atoms with E-state index < -0.39 is 36.2 Å². The van der Waals surface area contributed by atoms with Crippen LogP contribution in [0.25, 0.3) is 0 Å². The molecule has 0 radical (unpaired) electrons. The number of hydrogen-bond acceptors (Lipinski definition) is 7. The van der Waals surface area contributed by atoms with Crippen molar-refractivity contribution in [2.45, 2.75) is 0 Å². The van der Waals surface area contributed by atoms with Crippen LogP contribution in [-0.2, 0) is 9.53 Å². The minimum atomic E-state index is -0.857. The van der Waals surface area contributed by atoms with Gasteiger partial charge in [-0.25, -0.2) is 4.79 Å². The Labute approximate surface area is 163 Å². The zero-order valence-corrected chi connectivity index (χ0v) is 15.3. The molecular formula is C19H14N2O6S. The van der Waals surface area contributed by atoms with E-state index in [1.807, 2.05) is 0 Å². The van der Waals surface area contributed by atoms with Crippen LogP contribution in [0.4, 0.5) is 0 Å². The molecule has 0 bridgehead atoms. The minimum absolute atomic E-state index is 0.0118. The zero-order valence-electron chi connectivity index (χ0n) is 14.5. The molecule has 3 rings (SSSR count). The van der Waals surface area contributed by atoms with Gasteiger partial charge in [0.25, 0.3) is 23.6 Å². The maximum atomic E-state index is 12.3. The van der Waals surface area contributed by atoms with Crippen LogP contribution in [0.2, 0.25) is 0 Å². The first-order chi connectivity index (χ1) is 13.4. The van der Waals surface area contributed by atoms with Crippen molar-refractivity contribution in [3.05, 3.63) is 69.9 Å². The van der Waals surface area contributed by atoms with Crippen LogP contribution in [0.15, 0.2) is 48.4 Å². The predicted molar refractivity (Wildman–Crippen MR) is 99.1 cm³/mol. The van der Waals surface area contributed by atoms with E-state index in [0.717, 1.165) is 4.90 Å². The van der Waals surface area contributed by atoms with Crippen molar-refractivity contribution < 1.29 is 28.7 Å². The molecular weight excluding hydrogens is 384 g/mol. The molecule has 4 amide bonds. The van der Waals surface area contributed by atoms with Crippen molar-refractivity contribution in [3.8, 4) is 0 Å². The summed E-state index contributed by atoms with van der Waals surface area (Å²) in [7, 11) is 0. The van der Waals surface area contributed by atoms with Crippen LogP contribution in [0.5, 0.6) is 0 Å². The Hall–Kier alpha value is -3.59. The van der Waals surface area contributed by atoms with Crippen LogP contribution >= 0.6 is 11.3 Å². The molecule has 0 unspecified atom stereocenters.